The summed E-state index contributed by atoms with van der Waals surface area (Å²) >= 11 is 0. The number of hydrogen-bond acceptors (Lipinski definition) is 4. The maximum Gasteiger partial charge on any atom is 0.322 e. The van der Waals surface area contributed by atoms with Crippen LogP contribution in [0.5, 0.6) is 5.88 Å². The summed E-state index contributed by atoms with van der Waals surface area (Å²) in [4.78, 5) is 22.5. The van der Waals surface area contributed by atoms with Gasteiger partial charge in [0.25, 0.3) is 0 Å². The molecule has 1 aliphatic heterocycles. The van der Waals surface area contributed by atoms with Crippen molar-refractivity contribution in [3.05, 3.63) is 48.4 Å². The van der Waals surface area contributed by atoms with Gasteiger partial charge in [-0.05, 0) is 36.6 Å². The maximum absolute atomic E-state index is 12.5. The third kappa shape index (κ3) is 3.00. The number of anilines is 1. The van der Waals surface area contributed by atoms with E-state index >= 15 is 0 Å². The van der Waals surface area contributed by atoms with E-state index in [1.54, 1.807) is 37.8 Å². The van der Waals surface area contributed by atoms with Crippen LogP contribution in [0.15, 0.2) is 42.9 Å². The molecule has 3 rings (SSSR count). The molecule has 2 aromatic rings. The van der Waals surface area contributed by atoms with E-state index in [0.717, 1.165) is 24.9 Å². The number of ether oxygens (including phenoxy) is 1. The number of carbonyl (C=O) groups excluding carboxylic acids is 1. The Kier molecular flexibility index (Phi) is 4.18. The van der Waals surface area contributed by atoms with Crippen LogP contribution < -0.4 is 10.1 Å². The summed E-state index contributed by atoms with van der Waals surface area (Å²) in [5, 5.41) is 2.89. The van der Waals surface area contributed by atoms with Crippen molar-refractivity contribution >= 4 is 11.7 Å². The van der Waals surface area contributed by atoms with Crippen LogP contribution in [-0.2, 0) is 0 Å². The number of rotatable bonds is 3. The molecular weight excluding hydrogens is 280 g/mol. The first-order valence-electron chi connectivity index (χ1n) is 7.25. The van der Waals surface area contributed by atoms with E-state index in [2.05, 4.69) is 15.3 Å². The molecule has 0 spiro atoms. The molecule has 0 unspecified atom stereocenters. The maximum atomic E-state index is 12.5. The molecule has 0 aliphatic carbocycles. The summed E-state index contributed by atoms with van der Waals surface area (Å²) in [6, 6.07) is 7.43. The molecule has 6 heteroatoms. The van der Waals surface area contributed by atoms with Crippen LogP contribution in [-0.4, -0.2) is 34.6 Å². The highest BCUT2D eigenvalue weighted by Crippen LogP contribution is 2.31. The topological polar surface area (TPSA) is 67.3 Å². The Labute approximate surface area is 129 Å². The summed E-state index contributed by atoms with van der Waals surface area (Å²) in [7, 11) is 1.56. The van der Waals surface area contributed by atoms with Gasteiger partial charge in [0.15, 0.2) is 0 Å². The van der Waals surface area contributed by atoms with E-state index in [4.69, 9.17) is 4.74 Å². The fourth-order valence-corrected chi connectivity index (χ4v) is 2.71. The highest BCUT2D eigenvalue weighted by atomic mass is 16.5. The number of likely N-dealkylation sites (tertiary alicyclic amines) is 1. The van der Waals surface area contributed by atoms with E-state index in [1.807, 2.05) is 17.0 Å². The van der Waals surface area contributed by atoms with Crippen LogP contribution in [0.4, 0.5) is 10.5 Å². The molecule has 2 amide bonds. The highest BCUT2D eigenvalue weighted by Gasteiger charge is 2.29. The van der Waals surface area contributed by atoms with Gasteiger partial charge in [-0.25, -0.2) is 9.78 Å². The van der Waals surface area contributed by atoms with Crippen LogP contribution in [0.2, 0.25) is 0 Å². The number of methoxy groups -OCH3 is 1. The first-order chi connectivity index (χ1) is 10.8. The van der Waals surface area contributed by atoms with Gasteiger partial charge in [-0.1, -0.05) is 0 Å². The Hall–Kier alpha value is -2.63. The molecule has 1 aliphatic rings. The second-order valence-corrected chi connectivity index (χ2v) is 5.15. The van der Waals surface area contributed by atoms with Gasteiger partial charge in [-0.15, -0.1) is 0 Å². The third-order valence-corrected chi connectivity index (χ3v) is 3.80. The van der Waals surface area contributed by atoms with Crippen molar-refractivity contribution in [2.45, 2.75) is 18.9 Å². The molecule has 0 bridgehead atoms. The Morgan fingerprint density at radius 1 is 1.32 bits per heavy atom. The summed E-state index contributed by atoms with van der Waals surface area (Å²) in [6.07, 6.45) is 7.09. The minimum Gasteiger partial charge on any atom is -0.481 e. The number of nitrogens with zero attached hydrogens (tertiary/aromatic N) is 3. The molecule has 0 radical (unpaired) electrons. The van der Waals surface area contributed by atoms with Gasteiger partial charge in [0, 0.05) is 25.0 Å². The van der Waals surface area contributed by atoms with Gasteiger partial charge in [0.2, 0.25) is 5.88 Å². The molecule has 0 aromatic carbocycles. The molecule has 1 N–H and O–H groups in total. The number of urea groups is 1. The SMILES string of the molecule is COc1ccc(NC(=O)N2CCC[C@@H]2c2ccncc2)cn1. The van der Waals surface area contributed by atoms with Crippen molar-refractivity contribution in [2.24, 2.45) is 0 Å². The Morgan fingerprint density at radius 3 is 2.82 bits per heavy atom. The van der Waals surface area contributed by atoms with Crippen molar-refractivity contribution in [3.63, 3.8) is 0 Å². The van der Waals surface area contributed by atoms with E-state index < -0.39 is 0 Å². The van der Waals surface area contributed by atoms with Crippen LogP contribution >= 0.6 is 0 Å². The molecule has 1 fully saturated rings. The fraction of sp³-hybridized carbons (Fsp3) is 0.312. The largest absolute Gasteiger partial charge is 0.481 e. The molecule has 2 aromatic heterocycles. The highest BCUT2D eigenvalue weighted by molar-refractivity contribution is 5.89. The molecule has 1 saturated heterocycles. The first-order valence-corrected chi connectivity index (χ1v) is 7.25. The van der Waals surface area contributed by atoms with E-state index in [0.29, 0.717) is 11.6 Å². The predicted octanol–water partition coefficient (Wildman–Crippen LogP) is 2.85. The van der Waals surface area contributed by atoms with Crippen molar-refractivity contribution in [3.8, 4) is 5.88 Å². The van der Waals surface area contributed by atoms with Crippen LogP contribution in [0.25, 0.3) is 0 Å². The smallest absolute Gasteiger partial charge is 0.322 e. The predicted molar refractivity (Wildman–Crippen MR) is 82.7 cm³/mol. The standard InChI is InChI=1S/C16H18N4O2/c1-22-15-5-4-13(11-18-15)19-16(21)20-10-2-3-14(20)12-6-8-17-9-7-12/h4-9,11,14H,2-3,10H2,1H3,(H,19,21)/t14-/m1/s1. The van der Waals surface area contributed by atoms with Gasteiger partial charge in [0.1, 0.15) is 0 Å². The minimum absolute atomic E-state index is 0.105. The zero-order chi connectivity index (χ0) is 15.4. The fourth-order valence-electron chi connectivity index (χ4n) is 2.71. The van der Waals surface area contributed by atoms with Crippen LogP contribution in [0, 0.1) is 0 Å². The lowest BCUT2D eigenvalue weighted by atomic mass is 10.1. The third-order valence-electron chi connectivity index (χ3n) is 3.80. The minimum atomic E-state index is -0.105. The number of carbonyl (C=O) groups is 1. The van der Waals surface area contributed by atoms with Crippen LogP contribution in [0.3, 0.4) is 0 Å². The van der Waals surface area contributed by atoms with Gasteiger partial charge in [0.05, 0.1) is 25.0 Å². The first kappa shape index (κ1) is 14.3. The van der Waals surface area contributed by atoms with E-state index in [1.165, 1.54) is 0 Å². The average molecular weight is 298 g/mol. The lowest BCUT2D eigenvalue weighted by molar-refractivity contribution is 0.207. The zero-order valence-corrected chi connectivity index (χ0v) is 12.4. The summed E-state index contributed by atoms with van der Waals surface area (Å²) in [5.74, 6) is 0.522. The van der Waals surface area contributed by atoms with Crippen molar-refractivity contribution in [2.75, 3.05) is 19.0 Å². The lowest BCUT2D eigenvalue weighted by Gasteiger charge is -2.25. The average Bonchev–Trinajstić information content (AvgIpc) is 3.06. The van der Waals surface area contributed by atoms with Crippen LogP contribution in [0.1, 0.15) is 24.4 Å². The van der Waals surface area contributed by atoms with Crippen molar-refractivity contribution in [1.29, 1.82) is 0 Å². The number of aromatic nitrogens is 2. The van der Waals surface area contributed by atoms with Gasteiger partial charge >= 0.3 is 6.03 Å². The quantitative estimate of drug-likeness (QED) is 0.946. The second kappa shape index (κ2) is 6.43. The number of amides is 2. The van der Waals surface area contributed by atoms with Gasteiger partial charge in [-0.2, -0.15) is 0 Å². The molecule has 6 nitrogen and oxygen atoms in total. The summed E-state index contributed by atoms with van der Waals surface area (Å²) in [5.41, 5.74) is 1.78. The molecule has 0 saturated carbocycles. The normalized spacial score (nSPS) is 17.3. The second-order valence-electron chi connectivity index (χ2n) is 5.15. The lowest BCUT2D eigenvalue weighted by Crippen LogP contribution is -2.34. The van der Waals surface area contributed by atoms with E-state index in [9.17, 15) is 4.79 Å². The van der Waals surface area contributed by atoms with E-state index in [-0.39, 0.29) is 12.1 Å². The molecule has 3 heterocycles. The Bertz CT molecular complexity index is 630. The Morgan fingerprint density at radius 2 is 2.14 bits per heavy atom. The number of hydrogen-bond donors (Lipinski definition) is 1. The molecular formula is C16H18N4O2. The van der Waals surface area contributed by atoms with Gasteiger partial charge < -0.3 is 15.0 Å². The summed E-state index contributed by atoms with van der Waals surface area (Å²) < 4.78 is 5.01. The molecule has 1 atom stereocenters. The number of pyridine rings is 2. The van der Waals surface area contributed by atoms with Gasteiger partial charge in [-0.3, -0.25) is 4.98 Å². The Balaban J connectivity index is 1.70. The van der Waals surface area contributed by atoms with Crippen molar-refractivity contribution in [1.82, 2.24) is 14.9 Å². The zero-order valence-electron chi connectivity index (χ0n) is 12.4. The van der Waals surface area contributed by atoms with Crippen molar-refractivity contribution < 1.29 is 9.53 Å². The molecule has 22 heavy (non-hydrogen) atoms. The monoisotopic (exact) mass is 298 g/mol. The summed E-state index contributed by atoms with van der Waals surface area (Å²) in [6.45, 7) is 0.752. The molecule has 114 valence electrons. The number of nitrogens with one attached hydrogen (secondary N) is 1.